The second-order valence-corrected chi connectivity index (χ2v) is 5.80. The lowest BCUT2D eigenvalue weighted by molar-refractivity contribution is -0.137. The van der Waals surface area contributed by atoms with Gasteiger partial charge >= 0.3 is 5.97 Å². The fraction of sp³-hybridized carbons (Fsp3) is 0.333. The van der Waals surface area contributed by atoms with Gasteiger partial charge in [-0.25, -0.2) is 0 Å². The Kier molecular flexibility index (Phi) is 7.55. The molecule has 0 aliphatic carbocycles. The molecule has 1 aromatic carbocycles. The molecule has 1 aromatic rings. The van der Waals surface area contributed by atoms with Crippen LogP contribution in [0.4, 0.5) is 5.69 Å². The number of carbonyl (C=O) groups is 2. The Morgan fingerprint density at radius 3 is 2.50 bits per heavy atom. The lowest BCUT2D eigenvalue weighted by Gasteiger charge is -2.10. The normalized spacial score (nSPS) is 11.5. The van der Waals surface area contributed by atoms with E-state index >= 15 is 0 Å². The van der Waals surface area contributed by atoms with Crippen molar-refractivity contribution in [3.8, 4) is 11.5 Å². The Morgan fingerprint density at radius 1 is 1.17 bits per heavy atom. The number of allylic oxidation sites excluding steroid dienone is 3. The molecule has 0 aromatic heterocycles. The first-order chi connectivity index (χ1) is 11.3. The minimum atomic E-state index is -0.996. The predicted molar refractivity (Wildman–Crippen MR) is 92.1 cm³/mol. The highest BCUT2D eigenvalue weighted by atomic mass is 16.4. The number of hydrogen-bond acceptors (Lipinski definition) is 4. The Hall–Kier alpha value is -2.76. The molecule has 1 amide bonds. The van der Waals surface area contributed by atoms with Gasteiger partial charge in [-0.3, -0.25) is 9.59 Å². The van der Waals surface area contributed by atoms with Crippen LogP contribution >= 0.6 is 0 Å². The van der Waals surface area contributed by atoms with Gasteiger partial charge in [-0.05, 0) is 30.4 Å². The lowest BCUT2D eigenvalue weighted by atomic mass is 10.1. The van der Waals surface area contributed by atoms with Gasteiger partial charge in [0.2, 0.25) is 5.91 Å². The van der Waals surface area contributed by atoms with Crippen molar-refractivity contribution in [1.29, 1.82) is 0 Å². The summed E-state index contributed by atoms with van der Waals surface area (Å²) in [5, 5.41) is 30.7. The quantitative estimate of drug-likeness (QED) is 0.253. The fourth-order valence-corrected chi connectivity index (χ4v) is 1.91. The van der Waals surface area contributed by atoms with E-state index in [0.717, 1.165) is 12.5 Å². The van der Waals surface area contributed by atoms with E-state index in [2.05, 4.69) is 19.2 Å². The van der Waals surface area contributed by atoms with Gasteiger partial charge in [0, 0.05) is 18.6 Å². The Labute approximate surface area is 141 Å². The lowest BCUT2D eigenvalue weighted by Crippen LogP contribution is -2.08. The van der Waals surface area contributed by atoms with Crippen molar-refractivity contribution in [3.63, 3.8) is 0 Å². The fourth-order valence-electron chi connectivity index (χ4n) is 1.91. The number of anilines is 1. The van der Waals surface area contributed by atoms with Crippen LogP contribution in [0.5, 0.6) is 11.5 Å². The van der Waals surface area contributed by atoms with Crippen LogP contribution in [-0.2, 0) is 16.0 Å². The number of aryl methyl sites for hydroxylation is 1. The highest BCUT2D eigenvalue weighted by Crippen LogP contribution is 2.32. The van der Waals surface area contributed by atoms with Crippen molar-refractivity contribution < 1.29 is 24.9 Å². The third-order valence-electron chi connectivity index (χ3n) is 3.17. The summed E-state index contributed by atoms with van der Waals surface area (Å²) in [6, 6.07) is 2.45. The summed E-state index contributed by atoms with van der Waals surface area (Å²) in [5.74, 6) is -1.39. The zero-order valence-corrected chi connectivity index (χ0v) is 13.8. The topological polar surface area (TPSA) is 107 Å². The number of benzene rings is 1. The number of carbonyl (C=O) groups excluding carboxylic acids is 1. The van der Waals surface area contributed by atoms with Crippen molar-refractivity contribution in [2.24, 2.45) is 5.92 Å². The summed E-state index contributed by atoms with van der Waals surface area (Å²) < 4.78 is 0. The molecule has 0 heterocycles. The van der Waals surface area contributed by atoms with Crippen LogP contribution in [0.15, 0.2) is 36.4 Å². The van der Waals surface area contributed by atoms with E-state index in [0.29, 0.717) is 11.5 Å². The molecule has 0 atom stereocenters. The summed E-state index contributed by atoms with van der Waals surface area (Å²) in [4.78, 5) is 22.4. The van der Waals surface area contributed by atoms with E-state index in [-0.39, 0.29) is 30.0 Å². The summed E-state index contributed by atoms with van der Waals surface area (Å²) in [6.07, 6.45) is 7.49. The first kappa shape index (κ1) is 19.3. The van der Waals surface area contributed by atoms with Crippen LogP contribution in [0.25, 0.3) is 0 Å². The molecule has 4 N–H and O–H groups in total. The number of aromatic hydroxyl groups is 2. The number of rotatable bonds is 8. The molecule has 24 heavy (non-hydrogen) atoms. The summed E-state index contributed by atoms with van der Waals surface area (Å²) in [7, 11) is 0. The van der Waals surface area contributed by atoms with Gasteiger partial charge in [-0.2, -0.15) is 0 Å². The first-order valence-electron chi connectivity index (χ1n) is 7.70. The van der Waals surface area contributed by atoms with E-state index in [9.17, 15) is 19.8 Å². The predicted octanol–water partition coefficient (Wildman–Crippen LogP) is 3.21. The number of phenols is 2. The number of aliphatic carboxylic acids is 1. The van der Waals surface area contributed by atoms with E-state index < -0.39 is 11.9 Å². The number of amides is 1. The van der Waals surface area contributed by atoms with Crippen molar-refractivity contribution in [2.45, 2.75) is 33.1 Å². The summed E-state index contributed by atoms with van der Waals surface area (Å²) in [6.45, 7) is 4.19. The van der Waals surface area contributed by atoms with Gasteiger partial charge in [0.1, 0.15) is 11.5 Å². The monoisotopic (exact) mass is 333 g/mol. The van der Waals surface area contributed by atoms with E-state index in [1.807, 2.05) is 6.08 Å². The Balaban J connectivity index is 2.73. The van der Waals surface area contributed by atoms with Crippen LogP contribution in [0.1, 0.15) is 32.3 Å². The van der Waals surface area contributed by atoms with Gasteiger partial charge < -0.3 is 20.6 Å². The third kappa shape index (κ3) is 7.00. The van der Waals surface area contributed by atoms with Crippen molar-refractivity contribution in [3.05, 3.63) is 42.0 Å². The SMILES string of the molecule is CC(C)C/C=C/C=C/C(=O)Nc1cc(CCC(=O)O)c(O)cc1O. The molecule has 6 nitrogen and oxygen atoms in total. The minimum Gasteiger partial charge on any atom is -0.508 e. The summed E-state index contributed by atoms with van der Waals surface area (Å²) in [5.41, 5.74) is 0.459. The highest BCUT2D eigenvalue weighted by Gasteiger charge is 2.11. The van der Waals surface area contributed by atoms with Crippen molar-refractivity contribution in [1.82, 2.24) is 0 Å². The highest BCUT2D eigenvalue weighted by molar-refractivity contribution is 6.00. The number of carboxylic acid groups (broad SMARTS) is 1. The molecule has 0 aliphatic heterocycles. The van der Waals surface area contributed by atoms with Gasteiger partial charge in [-0.15, -0.1) is 0 Å². The van der Waals surface area contributed by atoms with E-state index in [4.69, 9.17) is 5.11 Å². The molecule has 130 valence electrons. The standard InChI is InChI=1S/C18H23NO5/c1-12(2)6-4-3-5-7-17(22)19-14-10-13(8-9-18(23)24)15(20)11-16(14)21/h3-5,7,10-12,20-21H,6,8-9H2,1-2H3,(H,19,22)(H,23,24)/b4-3+,7-5+. The molecule has 0 fully saturated rings. The maximum Gasteiger partial charge on any atom is 0.303 e. The minimum absolute atomic E-state index is 0.0953. The first-order valence-corrected chi connectivity index (χ1v) is 7.70. The molecular weight excluding hydrogens is 310 g/mol. The van der Waals surface area contributed by atoms with Crippen LogP contribution < -0.4 is 5.32 Å². The molecule has 0 saturated carbocycles. The maximum atomic E-state index is 11.8. The van der Waals surface area contributed by atoms with Crippen LogP contribution in [0.3, 0.4) is 0 Å². The van der Waals surface area contributed by atoms with Crippen molar-refractivity contribution in [2.75, 3.05) is 5.32 Å². The zero-order valence-electron chi connectivity index (χ0n) is 13.8. The molecular formula is C18H23NO5. The zero-order chi connectivity index (χ0) is 18.1. The molecule has 0 saturated heterocycles. The number of phenolic OH excluding ortho intramolecular Hbond substituents is 2. The Morgan fingerprint density at radius 2 is 1.88 bits per heavy atom. The molecule has 0 aliphatic rings. The number of carboxylic acids is 1. The third-order valence-corrected chi connectivity index (χ3v) is 3.17. The van der Waals surface area contributed by atoms with Gasteiger partial charge in [-0.1, -0.05) is 32.1 Å². The van der Waals surface area contributed by atoms with Gasteiger partial charge in [0.25, 0.3) is 0 Å². The second kappa shape index (κ2) is 9.39. The Bertz CT molecular complexity index is 647. The smallest absolute Gasteiger partial charge is 0.303 e. The maximum absolute atomic E-state index is 11.8. The molecule has 0 unspecified atom stereocenters. The number of hydrogen-bond donors (Lipinski definition) is 4. The van der Waals surface area contributed by atoms with Gasteiger partial charge in [0.05, 0.1) is 5.69 Å². The number of nitrogens with one attached hydrogen (secondary N) is 1. The molecule has 0 bridgehead atoms. The van der Waals surface area contributed by atoms with Crippen LogP contribution in [-0.4, -0.2) is 27.2 Å². The molecule has 0 spiro atoms. The molecule has 0 radical (unpaired) electrons. The largest absolute Gasteiger partial charge is 0.508 e. The summed E-state index contributed by atoms with van der Waals surface area (Å²) >= 11 is 0. The van der Waals surface area contributed by atoms with Crippen LogP contribution in [0, 0.1) is 5.92 Å². The van der Waals surface area contributed by atoms with E-state index in [1.54, 1.807) is 12.2 Å². The van der Waals surface area contributed by atoms with E-state index in [1.165, 1.54) is 12.1 Å². The van der Waals surface area contributed by atoms with Crippen molar-refractivity contribution >= 4 is 17.6 Å². The molecule has 1 rings (SSSR count). The average molecular weight is 333 g/mol. The second-order valence-electron chi connectivity index (χ2n) is 5.80. The van der Waals surface area contributed by atoms with Gasteiger partial charge in [0.15, 0.2) is 0 Å². The van der Waals surface area contributed by atoms with Crippen LogP contribution in [0.2, 0.25) is 0 Å². The average Bonchev–Trinajstić information content (AvgIpc) is 2.48. The molecule has 6 heteroatoms.